The Balaban J connectivity index is 2.20. The molecule has 1 aromatic rings. The molecule has 1 saturated heterocycles. The van der Waals surface area contributed by atoms with Crippen molar-refractivity contribution < 1.29 is 17.9 Å². The smallest absolute Gasteiger partial charge is 0.407 e. The number of aryl methyl sites for hydroxylation is 1. The Hall–Kier alpha value is -2.46. The van der Waals surface area contributed by atoms with Crippen LogP contribution in [0.2, 0.25) is 0 Å². The Morgan fingerprint density at radius 1 is 1.32 bits per heavy atom. The first-order valence-corrected chi connectivity index (χ1v) is 10.3. The first-order chi connectivity index (χ1) is 13.0. The van der Waals surface area contributed by atoms with E-state index in [0.29, 0.717) is 0 Å². The standard InChI is InChI=1S/C18H27N5O4S/c1-18(2,3)27-17(24)21-15-11-23(10-14(15)8-6-5-7-9-19)28(25,26)16-12-22(4)13-20-16/h5-9,12-15,19H,10-11H2,1-4H3,(H,21,24). The number of rotatable bonds is 6. The van der Waals surface area contributed by atoms with Gasteiger partial charge in [-0.05, 0) is 26.8 Å². The van der Waals surface area contributed by atoms with Crippen LogP contribution in [0.25, 0.3) is 0 Å². The van der Waals surface area contributed by atoms with Gasteiger partial charge in [-0.2, -0.15) is 4.31 Å². The number of nitrogens with zero attached hydrogens (tertiary/aromatic N) is 3. The maximum Gasteiger partial charge on any atom is 0.407 e. The summed E-state index contributed by atoms with van der Waals surface area (Å²) in [6, 6.07) is -0.446. The van der Waals surface area contributed by atoms with Gasteiger partial charge in [-0.15, -0.1) is 0 Å². The second kappa shape index (κ2) is 8.70. The van der Waals surface area contributed by atoms with E-state index >= 15 is 0 Å². The van der Waals surface area contributed by atoms with Crippen LogP contribution in [-0.2, 0) is 21.8 Å². The predicted molar refractivity (Wildman–Crippen MR) is 106 cm³/mol. The summed E-state index contributed by atoms with van der Waals surface area (Å²) >= 11 is 0. The van der Waals surface area contributed by atoms with Crippen molar-refractivity contribution in [2.24, 2.45) is 13.0 Å². The van der Waals surface area contributed by atoms with E-state index in [9.17, 15) is 13.2 Å². The maximum atomic E-state index is 12.9. The Bertz CT molecular complexity index is 867. The molecule has 0 bridgehead atoms. The second-order valence-corrected chi connectivity index (χ2v) is 9.44. The summed E-state index contributed by atoms with van der Waals surface area (Å²) in [7, 11) is -2.07. The van der Waals surface area contributed by atoms with Crippen LogP contribution in [0.4, 0.5) is 4.79 Å². The van der Waals surface area contributed by atoms with E-state index in [-0.39, 0.29) is 24.0 Å². The molecule has 154 valence electrons. The molecule has 2 N–H and O–H groups in total. The molecule has 0 saturated carbocycles. The zero-order chi connectivity index (χ0) is 20.9. The molecule has 2 atom stereocenters. The lowest BCUT2D eigenvalue weighted by atomic mass is 10.0. The van der Waals surface area contributed by atoms with Crippen molar-refractivity contribution in [3.05, 3.63) is 36.8 Å². The normalized spacial score (nSPS) is 21.4. The van der Waals surface area contributed by atoms with Crippen LogP contribution < -0.4 is 5.32 Å². The average molecular weight is 410 g/mol. The number of imidazole rings is 1. The summed E-state index contributed by atoms with van der Waals surface area (Å²) < 4.78 is 33.9. The van der Waals surface area contributed by atoms with Gasteiger partial charge in [-0.1, -0.05) is 18.2 Å². The van der Waals surface area contributed by atoms with Crippen LogP contribution in [0.5, 0.6) is 0 Å². The van der Waals surface area contributed by atoms with Gasteiger partial charge in [-0.25, -0.2) is 18.2 Å². The molecule has 2 unspecified atom stereocenters. The van der Waals surface area contributed by atoms with Gasteiger partial charge in [0.15, 0.2) is 5.03 Å². The first kappa shape index (κ1) is 21.8. The molecule has 9 nitrogen and oxygen atoms in total. The second-order valence-electron chi connectivity index (χ2n) is 7.55. The fourth-order valence-corrected chi connectivity index (χ4v) is 4.25. The molecule has 1 aliphatic heterocycles. The quantitative estimate of drug-likeness (QED) is 0.548. The Morgan fingerprint density at radius 2 is 2.04 bits per heavy atom. The van der Waals surface area contributed by atoms with Crippen molar-refractivity contribution >= 4 is 22.3 Å². The Morgan fingerprint density at radius 3 is 2.61 bits per heavy atom. The number of hydrogen-bond donors (Lipinski definition) is 2. The number of alkyl carbamates (subject to hydrolysis) is 1. The number of ether oxygens (including phenoxy) is 1. The molecule has 28 heavy (non-hydrogen) atoms. The highest BCUT2D eigenvalue weighted by molar-refractivity contribution is 7.89. The minimum Gasteiger partial charge on any atom is -0.444 e. The van der Waals surface area contributed by atoms with E-state index in [0.717, 1.165) is 6.21 Å². The molecule has 1 aliphatic rings. The minimum atomic E-state index is -3.77. The number of hydrogen-bond acceptors (Lipinski definition) is 6. The summed E-state index contributed by atoms with van der Waals surface area (Å²) in [5, 5.41) is 9.75. The number of carbonyl (C=O) groups excluding carboxylic acids is 1. The first-order valence-electron chi connectivity index (χ1n) is 8.84. The molecule has 0 aliphatic carbocycles. The zero-order valence-electron chi connectivity index (χ0n) is 16.5. The third-order valence-electron chi connectivity index (χ3n) is 4.00. The van der Waals surface area contributed by atoms with E-state index in [1.54, 1.807) is 50.6 Å². The van der Waals surface area contributed by atoms with Crippen LogP contribution >= 0.6 is 0 Å². The largest absolute Gasteiger partial charge is 0.444 e. The summed E-state index contributed by atoms with van der Waals surface area (Å²) in [6.45, 7) is 5.60. The van der Waals surface area contributed by atoms with Gasteiger partial charge >= 0.3 is 6.09 Å². The molecular weight excluding hydrogens is 382 g/mol. The summed E-state index contributed by atoms with van der Waals surface area (Å²) in [4.78, 5) is 16.1. The predicted octanol–water partition coefficient (Wildman–Crippen LogP) is 1.70. The van der Waals surface area contributed by atoms with E-state index in [1.165, 1.54) is 16.8 Å². The highest BCUT2D eigenvalue weighted by Gasteiger charge is 2.40. The molecule has 1 aromatic heterocycles. The number of allylic oxidation sites excluding steroid dienone is 3. The van der Waals surface area contributed by atoms with E-state index in [4.69, 9.17) is 10.1 Å². The SMILES string of the molecule is Cn1cnc(S(=O)(=O)N2CC(C=CC=CC=N)C(NC(=O)OC(C)(C)C)C2)c1. The lowest BCUT2D eigenvalue weighted by molar-refractivity contribution is 0.0501. The fourth-order valence-electron chi connectivity index (χ4n) is 2.78. The van der Waals surface area contributed by atoms with Crippen LogP contribution in [-0.4, -0.2) is 59.3 Å². The molecule has 10 heteroatoms. The monoisotopic (exact) mass is 409 g/mol. The van der Waals surface area contributed by atoms with Crippen molar-refractivity contribution in [3.63, 3.8) is 0 Å². The number of sulfonamides is 1. The Labute approximate surface area is 165 Å². The van der Waals surface area contributed by atoms with Gasteiger partial charge in [-0.3, -0.25) is 0 Å². The van der Waals surface area contributed by atoms with E-state index in [2.05, 4.69) is 10.3 Å². The third kappa shape index (κ3) is 5.77. The van der Waals surface area contributed by atoms with Gasteiger partial charge in [0.2, 0.25) is 0 Å². The fraction of sp³-hybridized carbons (Fsp3) is 0.500. The molecular formula is C18H27N5O4S. The van der Waals surface area contributed by atoms with Crippen molar-refractivity contribution in [2.75, 3.05) is 13.1 Å². The van der Waals surface area contributed by atoms with Gasteiger partial charge in [0, 0.05) is 38.5 Å². The van der Waals surface area contributed by atoms with Gasteiger partial charge in [0.25, 0.3) is 10.0 Å². The van der Waals surface area contributed by atoms with E-state index in [1.807, 2.05) is 6.08 Å². The molecule has 1 fully saturated rings. The zero-order valence-corrected chi connectivity index (χ0v) is 17.3. The highest BCUT2D eigenvalue weighted by atomic mass is 32.2. The van der Waals surface area contributed by atoms with Crippen LogP contribution in [0, 0.1) is 11.3 Å². The van der Waals surface area contributed by atoms with Crippen LogP contribution in [0.3, 0.4) is 0 Å². The van der Waals surface area contributed by atoms with Crippen LogP contribution in [0.1, 0.15) is 20.8 Å². The average Bonchev–Trinajstić information content (AvgIpc) is 3.17. The van der Waals surface area contributed by atoms with E-state index < -0.39 is 27.8 Å². The molecule has 0 spiro atoms. The number of aromatic nitrogens is 2. The van der Waals surface area contributed by atoms with Crippen LogP contribution in [0.15, 0.2) is 41.9 Å². The molecule has 0 radical (unpaired) electrons. The van der Waals surface area contributed by atoms with Gasteiger partial charge in [0.1, 0.15) is 5.60 Å². The lowest BCUT2D eigenvalue weighted by Crippen LogP contribution is -2.43. The number of carbonyl (C=O) groups is 1. The van der Waals surface area contributed by atoms with Crippen molar-refractivity contribution in [2.45, 2.75) is 37.4 Å². The van der Waals surface area contributed by atoms with Gasteiger partial charge < -0.3 is 20.0 Å². The van der Waals surface area contributed by atoms with Crippen molar-refractivity contribution in [1.82, 2.24) is 19.2 Å². The lowest BCUT2D eigenvalue weighted by Gasteiger charge is -2.23. The van der Waals surface area contributed by atoms with Gasteiger partial charge in [0.05, 0.1) is 12.4 Å². The minimum absolute atomic E-state index is 0.0284. The third-order valence-corrected chi connectivity index (χ3v) is 5.71. The summed E-state index contributed by atoms with van der Waals surface area (Å²) in [6.07, 6.45) is 10.2. The highest BCUT2D eigenvalue weighted by Crippen LogP contribution is 2.25. The summed E-state index contributed by atoms with van der Waals surface area (Å²) in [5.74, 6) is -0.249. The number of amides is 1. The number of nitrogens with one attached hydrogen (secondary N) is 2. The molecule has 2 rings (SSSR count). The molecule has 0 aromatic carbocycles. The molecule has 2 heterocycles. The molecule has 1 amide bonds. The Kier molecular flexibility index (Phi) is 6.78. The maximum absolute atomic E-state index is 12.9. The van der Waals surface area contributed by atoms with Crippen molar-refractivity contribution in [3.8, 4) is 0 Å². The van der Waals surface area contributed by atoms with Crippen molar-refractivity contribution in [1.29, 1.82) is 5.41 Å². The topological polar surface area (TPSA) is 117 Å². The summed E-state index contributed by atoms with van der Waals surface area (Å²) in [5.41, 5.74) is -0.652.